The summed E-state index contributed by atoms with van der Waals surface area (Å²) in [5.41, 5.74) is 4.88. The first-order valence-electron chi connectivity index (χ1n) is 7.90. The summed E-state index contributed by atoms with van der Waals surface area (Å²) in [5, 5.41) is 1.26. The number of aromatic nitrogens is 1. The maximum absolute atomic E-state index is 3.51. The lowest BCUT2D eigenvalue weighted by atomic mass is 10.1. The van der Waals surface area contributed by atoms with Crippen LogP contribution in [0.3, 0.4) is 0 Å². The lowest BCUT2D eigenvalue weighted by Gasteiger charge is -1.99. The second-order valence-electron chi connectivity index (χ2n) is 5.70. The van der Waals surface area contributed by atoms with Crippen molar-refractivity contribution in [3.63, 3.8) is 0 Å². The molecule has 0 aliphatic rings. The monoisotopic (exact) mass is 373 g/mol. The van der Waals surface area contributed by atoms with Gasteiger partial charge in [-0.1, -0.05) is 76.6 Å². The van der Waals surface area contributed by atoms with E-state index in [1.165, 1.54) is 27.6 Å². The third-order valence-electron chi connectivity index (χ3n) is 4.12. The summed E-state index contributed by atoms with van der Waals surface area (Å²) in [6.45, 7) is 0. The maximum Gasteiger partial charge on any atom is 0.0528 e. The first kappa shape index (κ1) is 15.0. The molecule has 4 aromatic rings. The number of hydrogen-bond acceptors (Lipinski definition) is 0. The first-order chi connectivity index (χ1) is 11.8. The minimum absolute atomic E-state index is 1.10. The van der Waals surface area contributed by atoms with Crippen molar-refractivity contribution in [1.82, 2.24) is 4.57 Å². The van der Waals surface area contributed by atoms with Crippen molar-refractivity contribution in [3.8, 4) is 11.1 Å². The normalized spacial score (nSPS) is 11.4. The molecule has 0 amide bonds. The fraction of sp³-hybridized carbons (Fsp3) is 0. The average molecular weight is 374 g/mol. The Morgan fingerprint density at radius 1 is 0.750 bits per heavy atom. The predicted octanol–water partition coefficient (Wildman–Crippen LogP) is 6.70. The van der Waals surface area contributed by atoms with Gasteiger partial charge in [-0.15, -0.1) is 0 Å². The van der Waals surface area contributed by atoms with Crippen LogP contribution in [0, 0.1) is 0 Å². The molecule has 4 rings (SSSR count). The molecule has 1 heterocycles. The molecular weight excluding hydrogens is 358 g/mol. The Morgan fingerprint density at radius 2 is 1.46 bits per heavy atom. The Morgan fingerprint density at radius 3 is 2.25 bits per heavy atom. The molecule has 0 fully saturated rings. The van der Waals surface area contributed by atoms with E-state index in [1.54, 1.807) is 0 Å². The van der Waals surface area contributed by atoms with E-state index in [0.717, 1.165) is 4.47 Å². The van der Waals surface area contributed by atoms with Crippen LogP contribution in [-0.2, 0) is 0 Å². The van der Waals surface area contributed by atoms with Crippen LogP contribution in [0.25, 0.3) is 34.3 Å². The number of halogens is 1. The molecule has 1 nitrogen and oxygen atoms in total. The van der Waals surface area contributed by atoms with Crippen molar-refractivity contribution >= 4 is 39.1 Å². The second kappa shape index (κ2) is 6.50. The molecule has 0 saturated carbocycles. The van der Waals surface area contributed by atoms with Gasteiger partial charge in [0.05, 0.1) is 5.52 Å². The van der Waals surface area contributed by atoms with Gasteiger partial charge >= 0.3 is 0 Å². The highest BCUT2D eigenvalue weighted by Crippen LogP contribution is 2.31. The van der Waals surface area contributed by atoms with Crippen LogP contribution in [0.2, 0.25) is 0 Å². The van der Waals surface area contributed by atoms with E-state index in [-0.39, 0.29) is 0 Å². The summed E-state index contributed by atoms with van der Waals surface area (Å²) in [7, 11) is 0. The Hall–Kier alpha value is -2.58. The SMILES string of the molecule is Brc1ccc(-c2cn(/C=C/c3ccccc3)c3ccccc23)cc1. The Balaban J connectivity index is 1.82. The molecule has 0 N–H and O–H groups in total. The first-order valence-corrected chi connectivity index (χ1v) is 8.69. The van der Waals surface area contributed by atoms with Crippen LogP contribution in [0.1, 0.15) is 5.56 Å². The molecule has 0 aliphatic carbocycles. The van der Waals surface area contributed by atoms with Gasteiger partial charge < -0.3 is 4.57 Å². The zero-order valence-corrected chi connectivity index (χ0v) is 14.6. The molecule has 0 radical (unpaired) electrons. The minimum atomic E-state index is 1.10. The molecule has 0 unspecified atom stereocenters. The second-order valence-corrected chi connectivity index (χ2v) is 6.62. The van der Waals surface area contributed by atoms with Gasteiger partial charge in [0.15, 0.2) is 0 Å². The molecule has 0 saturated heterocycles. The van der Waals surface area contributed by atoms with Gasteiger partial charge in [0.1, 0.15) is 0 Å². The van der Waals surface area contributed by atoms with Gasteiger partial charge in [0, 0.05) is 27.8 Å². The van der Waals surface area contributed by atoms with Gasteiger partial charge in [0.2, 0.25) is 0 Å². The van der Waals surface area contributed by atoms with Crippen LogP contribution in [0.4, 0.5) is 0 Å². The van der Waals surface area contributed by atoms with Gasteiger partial charge in [-0.25, -0.2) is 0 Å². The molecule has 0 atom stereocenters. The lowest BCUT2D eigenvalue weighted by Crippen LogP contribution is -1.82. The highest BCUT2D eigenvalue weighted by atomic mass is 79.9. The number of rotatable bonds is 3. The van der Waals surface area contributed by atoms with Crippen LogP contribution in [0.15, 0.2) is 89.5 Å². The van der Waals surface area contributed by atoms with Crippen molar-refractivity contribution in [3.05, 3.63) is 95.1 Å². The number of para-hydroxylation sites is 1. The molecule has 3 aromatic carbocycles. The van der Waals surface area contributed by atoms with E-state index in [1.807, 2.05) is 6.07 Å². The van der Waals surface area contributed by atoms with Crippen LogP contribution < -0.4 is 0 Å². The third-order valence-corrected chi connectivity index (χ3v) is 4.65. The van der Waals surface area contributed by atoms with E-state index in [4.69, 9.17) is 0 Å². The van der Waals surface area contributed by atoms with E-state index in [0.29, 0.717) is 0 Å². The number of nitrogens with zero attached hydrogens (tertiary/aromatic N) is 1. The molecule has 1 aromatic heterocycles. The van der Waals surface area contributed by atoms with Crippen molar-refractivity contribution in [2.24, 2.45) is 0 Å². The minimum Gasteiger partial charge on any atom is -0.323 e. The van der Waals surface area contributed by atoms with Gasteiger partial charge in [0.25, 0.3) is 0 Å². The fourth-order valence-electron chi connectivity index (χ4n) is 2.92. The average Bonchev–Trinajstić information content (AvgIpc) is 3.00. The zero-order chi connectivity index (χ0) is 16.4. The molecule has 2 heteroatoms. The standard InChI is InChI=1S/C22H16BrN/c23-19-12-10-18(11-13-19)21-16-24(22-9-5-4-8-20(21)22)15-14-17-6-2-1-3-7-17/h1-16H/b15-14+. The molecule has 24 heavy (non-hydrogen) atoms. The van der Waals surface area contributed by atoms with Gasteiger partial charge in [-0.3, -0.25) is 0 Å². The van der Waals surface area contributed by atoms with Crippen LogP contribution in [0.5, 0.6) is 0 Å². The quantitative estimate of drug-likeness (QED) is 0.376. The number of fused-ring (bicyclic) bond motifs is 1. The lowest BCUT2D eigenvalue weighted by molar-refractivity contribution is 1.23. The molecule has 116 valence electrons. The largest absolute Gasteiger partial charge is 0.323 e. The molecule has 0 bridgehead atoms. The number of hydrogen-bond donors (Lipinski definition) is 0. The summed E-state index contributed by atoms with van der Waals surface area (Å²) in [5.74, 6) is 0. The summed E-state index contributed by atoms with van der Waals surface area (Å²) in [6.07, 6.45) is 6.46. The number of benzene rings is 3. The van der Waals surface area contributed by atoms with Gasteiger partial charge in [-0.05, 0) is 35.4 Å². The summed E-state index contributed by atoms with van der Waals surface area (Å²) in [4.78, 5) is 0. The van der Waals surface area contributed by atoms with E-state index >= 15 is 0 Å². The Bertz CT molecular complexity index is 995. The highest BCUT2D eigenvalue weighted by Gasteiger charge is 2.08. The summed E-state index contributed by atoms with van der Waals surface area (Å²) in [6, 6.07) is 27.4. The third kappa shape index (κ3) is 2.93. The fourth-order valence-corrected chi connectivity index (χ4v) is 3.18. The topological polar surface area (TPSA) is 4.93 Å². The summed E-state index contributed by atoms with van der Waals surface area (Å²) < 4.78 is 3.29. The zero-order valence-electron chi connectivity index (χ0n) is 13.1. The molecular formula is C22H16BrN. The molecule has 0 aliphatic heterocycles. The van der Waals surface area contributed by atoms with Crippen molar-refractivity contribution < 1.29 is 0 Å². The van der Waals surface area contributed by atoms with Crippen LogP contribution >= 0.6 is 15.9 Å². The Kier molecular flexibility index (Phi) is 4.06. The van der Waals surface area contributed by atoms with Crippen LogP contribution in [-0.4, -0.2) is 4.57 Å². The smallest absolute Gasteiger partial charge is 0.0528 e. The van der Waals surface area contributed by atoms with E-state index < -0.39 is 0 Å². The van der Waals surface area contributed by atoms with Crippen molar-refractivity contribution in [1.29, 1.82) is 0 Å². The maximum atomic E-state index is 3.51. The van der Waals surface area contributed by atoms with Crippen molar-refractivity contribution in [2.45, 2.75) is 0 Å². The van der Waals surface area contributed by atoms with Crippen molar-refractivity contribution in [2.75, 3.05) is 0 Å². The molecule has 0 spiro atoms. The van der Waals surface area contributed by atoms with E-state index in [9.17, 15) is 0 Å². The van der Waals surface area contributed by atoms with E-state index in [2.05, 4.69) is 112 Å². The summed E-state index contributed by atoms with van der Waals surface area (Å²) >= 11 is 3.51. The highest BCUT2D eigenvalue weighted by molar-refractivity contribution is 9.10. The predicted molar refractivity (Wildman–Crippen MR) is 107 cm³/mol. The Labute approximate surface area is 150 Å². The van der Waals surface area contributed by atoms with Gasteiger partial charge in [-0.2, -0.15) is 0 Å².